The molecule has 40 heavy (non-hydrogen) atoms. The van der Waals surface area contributed by atoms with Gasteiger partial charge >= 0.3 is 11.8 Å². The van der Waals surface area contributed by atoms with Gasteiger partial charge in [-0.3, -0.25) is 14.4 Å². The Kier molecular flexibility index (Phi) is 7.63. The number of carbonyl (C=O) groups excluding carboxylic acids is 1. The molecule has 1 unspecified atom stereocenters. The predicted molar refractivity (Wildman–Crippen MR) is 149 cm³/mol. The van der Waals surface area contributed by atoms with E-state index in [0.717, 1.165) is 41.0 Å². The van der Waals surface area contributed by atoms with Gasteiger partial charge in [0.25, 0.3) is 0 Å². The van der Waals surface area contributed by atoms with Gasteiger partial charge in [-0.25, -0.2) is 9.97 Å². The van der Waals surface area contributed by atoms with Crippen molar-refractivity contribution in [3.63, 3.8) is 0 Å². The summed E-state index contributed by atoms with van der Waals surface area (Å²) in [7, 11) is 1.85. The fraction of sp³-hybridized carbons (Fsp3) is 0.429. The topological polar surface area (TPSA) is 147 Å². The molecule has 1 amide bonds. The van der Waals surface area contributed by atoms with E-state index in [4.69, 9.17) is 9.40 Å². The van der Waals surface area contributed by atoms with Crippen LogP contribution in [-0.2, 0) is 18.9 Å². The molecular formula is C28H35N9O3. The molecule has 3 N–H and O–H groups in total. The number of hydrogen-bond donors (Lipinski definition) is 3. The number of rotatable bonds is 7. The summed E-state index contributed by atoms with van der Waals surface area (Å²) in [6, 6.07) is 7.68. The Hall–Kier alpha value is -4.16. The fourth-order valence-corrected chi connectivity index (χ4v) is 4.74. The molecule has 3 aromatic heterocycles. The van der Waals surface area contributed by atoms with E-state index in [9.17, 15) is 9.90 Å². The minimum absolute atomic E-state index is 0.0657. The molecule has 0 bridgehead atoms. The van der Waals surface area contributed by atoms with E-state index in [0.29, 0.717) is 24.9 Å². The molecule has 0 saturated carbocycles. The quantitative estimate of drug-likeness (QED) is 0.317. The second-order valence-corrected chi connectivity index (χ2v) is 11.3. The molecule has 5 rings (SSSR count). The van der Waals surface area contributed by atoms with Gasteiger partial charge in [0.2, 0.25) is 11.8 Å². The summed E-state index contributed by atoms with van der Waals surface area (Å²) in [6.07, 6.45) is 5.54. The van der Waals surface area contributed by atoms with Crippen LogP contribution in [-0.4, -0.2) is 71.6 Å². The molecule has 0 fully saturated rings. The fourth-order valence-electron chi connectivity index (χ4n) is 4.74. The zero-order chi connectivity index (χ0) is 28.4. The maximum absolute atomic E-state index is 13.2. The SMILES string of the molecule is C[C@H](O)CN1CCc2cc(-c3ccnc(Nc4cnn(C)c4)n3)ccc2C(NC(=O)c2nnc(C(C)(C)C)o2)C1. The second kappa shape index (κ2) is 11.1. The first-order chi connectivity index (χ1) is 19.0. The molecular weight excluding hydrogens is 510 g/mol. The Morgan fingerprint density at radius 2 is 2.08 bits per heavy atom. The summed E-state index contributed by atoms with van der Waals surface area (Å²) in [6.45, 7) is 9.38. The number of β-amino-alcohol motifs (C(OH)–C–C–N with tert-alkyl or cyclic N) is 1. The van der Waals surface area contributed by atoms with E-state index < -0.39 is 12.0 Å². The Morgan fingerprint density at radius 1 is 1.25 bits per heavy atom. The van der Waals surface area contributed by atoms with Gasteiger partial charge in [0, 0.05) is 50.1 Å². The van der Waals surface area contributed by atoms with Crippen molar-refractivity contribution in [2.24, 2.45) is 7.05 Å². The van der Waals surface area contributed by atoms with Crippen molar-refractivity contribution in [1.82, 2.24) is 40.2 Å². The molecule has 2 atom stereocenters. The summed E-state index contributed by atoms with van der Waals surface area (Å²) in [4.78, 5) is 24.4. The molecule has 0 spiro atoms. The second-order valence-electron chi connectivity index (χ2n) is 11.3. The van der Waals surface area contributed by atoms with E-state index in [-0.39, 0.29) is 17.3 Å². The summed E-state index contributed by atoms with van der Waals surface area (Å²) >= 11 is 0. The Balaban J connectivity index is 1.41. The highest BCUT2D eigenvalue weighted by atomic mass is 16.4. The molecule has 4 aromatic rings. The van der Waals surface area contributed by atoms with Gasteiger partial charge in [-0.15, -0.1) is 10.2 Å². The number of aliphatic hydroxyl groups is 1. The van der Waals surface area contributed by atoms with Crippen LogP contribution < -0.4 is 10.6 Å². The van der Waals surface area contributed by atoms with E-state index >= 15 is 0 Å². The minimum atomic E-state index is -0.495. The third-order valence-electron chi connectivity index (χ3n) is 6.66. The highest BCUT2D eigenvalue weighted by Crippen LogP contribution is 2.30. The first-order valence-corrected chi connectivity index (χ1v) is 13.3. The molecule has 0 saturated heterocycles. The number of carbonyl (C=O) groups is 1. The zero-order valence-electron chi connectivity index (χ0n) is 23.4. The van der Waals surface area contributed by atoms with Crippen molar-refractivity contribution in [2.45, 2.75) is 51.7 Å². The maximum Gasteiger partial charge on any atom is 0.309 e. The normalized spacial score (nSPS) is 16.7. The van der Waals surface area contributed by atoms with Crippen molar-refractivity contribution >= 4 is 17.5 Å². The van der Waals surface area contributed by atoms with Crippen LogP contribution in [0.5, 0.6) is 0 Å². The van der Waals surface area contributed by atoms with Crippen LogP contribution in [0.25, 0.3) is 11.3 Å². The van der Waals surface area contributed by atoms with Gasteiger partial charge in [0.1, 0.15) is 0 Å². The monoisotopic (exact) mass is 545 g/mol. The first kappa shape index (κ1) is 27.4. The van der Waals surface area contributed by atoms with E-state index in [1.807, 2.05) is 52.2 Å². The van der Waals surface area contributed by atoms with Gasteiger partial charge < -0.3 is 20.2 Å². The van der Waals surface area contributed by atoms with Gasteiger partial charge in [-0.2, -0.15) is 5.10 Å². The van der Waals surface area contributed by atoms with E-state index in [1.54, 1.807) is 24.0 Å². The largest absolute Gasteiger partial charge is 0.416 e. The lowest BCUT2D eigenvalue weighted by Gasteiger charge is -2.26. The number of aliphatic hydroxyl groups excluding tert-OH is 1. The Morgan fingerprint density at radius 3 is 2.77 bits per heavy atom. The lowest BCUT2D eigenvalue weighted by molar-refractivity contribution is 0.0871. The van der Waals surface area contributed by atoms with Crippen LogP contribution >= 0.6 is 0 Å². The third-order valence-corrected chi connectivity index (χ3v) is 6.66. The standard InChI is InChI=1S/C28H35N9O3/c1-17(38)14-37-11-9-18-12-19(22-8-10-29-27(33-22)31-20-13-30-36(5)15-20)6-7-21(18)23(16-37)32-24(39)25-34-35-26(40-25)28(2,3)4/h6-8,10,12-13,15,17,23,38H,9,11,14,16H2,1-5H3,(H,32,39)(H,29,31,33)/t17-,23?/m0/s1. The zero-order valence-corrected chi connectivity index (χ0v) is 23.4. The van der Waals surface area contributed by atoms with Gasteiger partial charge in [-0.1, -0.05) is 32.9 Å². The summed E-state index contributed by atoms with van der Waals surface area (Å²) in [5.74, 6) is 0.386. The smallest absolute Gasteiger partial charge is 0.309 e. The molecule has 12 nitrogen and oxygen atoms in total. The maximum atomic E-state index is 13.2. The highest BCUT2D eigenvalue weighted by molar-refractivity contribution is 5.89. The number of anilines is 2. The number of benzene rings is 1. The number of nitrogens with one attached hydrogen (secondary N) is 2. The van der Waals surface area contributed by atoms with Gasteiger partial charge in [0.15, 0.2) is 0 Å². The van der Waals surface area contributed by atoms with Crippen molar-refractivity contribution in [1.29, 1.82) is 0 Å². The molecule has 0 radical (unpaired) electrons. The number of fused-ring (bicyclic) bond motifs is 1. The number of hydrogen-bond acceptors (Lipinski definition) is 10. The van der Waals surface area contributed by atoms with Crippen molar-refractivity contribution in [3.8, 4) is 11.3 Å². The van der Waals surface area contributed by atoms with Crippen LogP contribution in [0, 0.1) is 0 Å². The number of aromatic nitrogens is 6. The van der Waals surface area contributed by atoms with Crippen molar-refractivity contribution in [3.05, 3.63) is 65.8 Å². The van der Waals surface area contributed by atoms with Crippen LogP contribution in [0.2, 0.25) is 0 Å². The molecule has 1 aromatic carbocycles. The first-order valence-electron chi connectivity index (χ1n) is 13.3. The summed E-state index contributed by atoms with van der Waals surface area (Å²) in [5, 5.41) is 28.6. The predicted octanol–water partition coefficient (Wildman–Crippen LogP) is 3.01. The van der Waals surface area contributed by atoms with Gasteiger partial charge in [0.05, 0.1) is 29.7 Å². The molecule has 1 aliphatic heterocycles. The average molecular weight is 546 g/mol. The molecule has 1 aliphatic rings. The lowest BCUT2D eigenvalue weighted by Crippen LogP contribution is -2.40. The minimum Gasteiger partial charge on any atom is -0.416 e. The van der Waals surface area contributed by atoms with Crippen LogP contribution in [0.15, 0.2) is 47.3 Å². The number of nitrogens with zero attached hydrogens (tertiary/aromatic N) is 7. The van der Waals surface area contributed by atoms with Crippen LogP contribution in [0.4, 0.5) is 11.6 Å². The third kappa shape index (κ3) is 6.35. The molecule has 0 aliphatic carbocycles. The van der Waals surface area contributed by atoms with E-state index in [1.165, 1.54) is 0 Å². The molecule has 12 heteroatoms. The number of aryl methyl sites for hydroxylation is 1. The van der Waals surface area contributed by atoms with Crippen LogP contribution in [0.1, 0.15) is 61.4 Å². The van der Waals surface area contributed by atoms with Gasteiger partial charge in [-0.05, 0) is 36.6 Å². The lowest BCUT2D eigenvalue weighted by atomic mass is 9.96. The Bertz CT molecular complexity index is 1490. The van der Waals surface area contributed by atoms with Crippen LogP contribution in [0.3, 0.4) is 0 Å². The van der Waals surface area contributed by atoms with E-state index in [2.05, 4.69) is 41.9 Å². The van der Waals surface area contributed by atoms with Crippen molar-refractivity contribution < 1.29 is 14.3 Å². The summed E-state index contributed by atoms with van der Waals surface area (Å²) < 4.78 is 7.39. The molecule has 4 heterocycles. The number of amides is 1. The average Bonchev–Trinajstić information content (AvgIpc) is 3.52. The van der Waals surface area contributed by atoms with Crippen molar-refractivity contribution in [2.75, 3.05) is 25.0 Å². The summed E-state index contributed by atoms with van der Waals surface area (Å²) in [5.41, 5.74) is 4.25. The highest BCUT2D eigenvalue weighted by Gasteiger charge is 2.29. The Labute approximate surface area is 232 Å². The molecule has 210 valence electrons.